The van der Waals surface area contributed by atoms with Gasteiger partial charge in [-0.05, 0) is 38.3 Å². The highest BCUT2D eigenvalue weighted by Crippen LogP contribution is 2.27. The van der Waals surface area contributed by atoms with Gasteiger partial charge < -0.3 is 15.0 Å². The number of piperidine rings is 1. The van der Waals surface area contributed by atoms with Crippen molar-refractivity contribution in [2.45, 2.75) is 45.7 Å². The fourth-order valence-corrected chi connectivity index (χ4v) is 3.63. The average molecular weight is 387 g/mol. The van der Waals surface area contributed by atoms with Gasteiger partial charge in [0.25, 0.3) is 0 Å². The van der Waals surface area contributed by atoms with Gasteiger partial charge in [0.05, 0.1) is 13.2 Å². The quantitative estimate of drug-likeness (QED) is 0.825. The van der Waals surface area contributed by atoms with Gasteiger partial charge in [0.15, 0.2) is 0 Å². The van der Waals surface area contributed by atoms with Crippen molar-refractivity contribution in [3.8, 4) is 0 Å². The number of ether oxygens (including phenoxy) is 1. The molecular weight excluding hydrogens is 358 g/mol. The summed E-state index contributed by atoms with van der Waals surface area (Å²) in [5.41, 5.74) is 1.79. The zero-order valence-corrected chi connectivity index (χ0v) is 16.9. The number of hydrogen-bond acceptors (Lipinski definition) is 4. The molecule has 0 radical (unpaired) electrons. The van der Waals surface area contributed by atoms with E-state index < -0.39 is 0 Å². The summed E-state index contributed by atoms with van der Waals surface area (Å²) >= 11 is 0. The third kappa shape index (κ3) is 4.27. The Morgan fingerprint density at radius 3 is 2.64 bits per heavy atom. The normalized spacial score (nSPS) is 15.0. The van der Waals surface area contributed by atoms with Gasteiger partial charge in [0, 0.05) is 38.3 Å². The number of hydrogen-bond donors (Lipinski definition) is 1. The topological polar surface area (TPSA) is 81.4 Å². The maximum atomic E-state index is 12.6. The summed E-state index contributed by atoms with van der Waals surface area (Å²) in [6, 6.07) is 7.68. The summed E-state index contributed by atoms with van der Waals surface area (Å²) in [6.45, 7) is 6.72. The van der Waals surface area contributed by atoms with E-state index in [9.17, 15) is 9.59 Å². The molecule has 2 aromatic rings. The van der Waals surface area contributed by atoms with Gasteiger partial charge >= 0.3 is 11.7 Å². The molecule has 8 heteroatoms. The number of aryl methyl sites for hydroxylation is 1. The van der Waals surface area contributed by atoms with Gasteiger partial charge in [-0.15, -0.1) is 0 Å². The first-order chi connectivity index (χ1) is 13.5. The predicted octanol–water partition coefficient (Wildman–Crippen LogP) is 2.43. The lowest BCUT2D eigenvalue weighted by Gasteiger charge is -2.31. The van der Waals surface area contributed by atoms with Crippen molar-refractivity contribution in [3.05, 3.63) is 46.1 Å². The number of rotatable bonds is 6. The number of benzene rings is 1. The van der Waals surface area contributed by atoms with Gasteiger partial charge in [-0.1, -0.05) is 18.2 Å². The molecule has 2 amide bonds. The number of para-hydroxylation sites is 1. The van der Waals surface area contributed by atoms with Crippen molar-refractivity contribution in [1.29, 1.82) is 0 Å². The molecule has 1 aliphatic rings. The van der Waals surface area contributed by atoms with Crippen LogP contribution in [0.15, 0.2) is 29.1 Å². The molecule has 1 aromatic carbocycles. The molecule has 0 saturated carbocycles. The van der Waals surface area contributed by atoms with Gasteiger partial charge in [0.1, 0.15) is 5.82 Å². The zero-order valence-electron chi connectivity index (χ0n) is 16.9. The number of anilines is 1. The second-order valence-electron chi connectivity index (χ2n) is 7.11. The van der Waals surface area contributed by atoms with Crippen LogP contribution >= 0.6 is 0 Å². The lowest BCUT2D eigenvalue weighted by Crippen LogP contribution is -2.41. The Morgan fingerprint density at radius 2 is 2.00 bits per heavy atom. The number of carbonyl (C=O) groups is 1. The molecule has 1 N–H and O–H groups in total. The summed E-state index contributed by atoms with van der Waals surface area (Å²) in [6.07, 6.45) is 1.59. The maximum absolute atomic E-state index is 12.6. The third-order valence-electron chi connectivity index (χ3n) is 5.31. The minimum absolute atomic E-state index is 0.0775. The van der Waals surface area contributed by atoms with Crippen molar-refractivity contribution >= 4 is 11.7 Å². The number of amides is 2. The Kier molecular flexibility index (Phi) is 6.51. The lowest BCUT2D eigenvalue weighted by molar-refractivity contribution is 0.181. The van der Waals surface area contributed by atoms with E-state index in [1.54, 1.807) is 11.7 Å². The van der Waals surface area contributed by atoms with Crippen LogP contribution in [0.3, 0.4) is 0 Å². The van der Waals surface area contributed by atoms with Crippen LogP contribution in [0.5, 0.6) is 0 Å². The second kappa shape index (κ2) is 9.05. The highest BCUT2D eigenvalue weighted by Gasteiger charge is 2.28. The van der Waals surface area contributed by atoms with Crippen molar-refractivity contribution in [1.82, 2.24) is 19.2 Å². The van der Waals surface area contributed by atoms with Crippen LogP contribution in [0.2, 0.25) is 0 Å². The minimum atomic E-state index is -0.0886. The van der Waals surface area contributed by atoms with E-state index in [2.05, 4.69) is 10.4 Å². The average Bonchev–Trinajstić information content (AvgIpc) is 3.03. The van der Waals surface area contributed by atoms with Crippen LogP contribution in [0.4, 0.5) is 10.5 Å². The molecular formula is C20H29N5O3. The smallest absolute Gasteiger partial charge is 0.345 e. The molecule has 1 saturated heterocycles. The van der Waals surface area contributed by atoms with Crippen LogP contribution in [-0.2, 0) is 17.8 Å². The van der Waals surface area contributed by atoms with E-state index in [-0.39, 0.29) is 17.6 Å². The molecule has 1 fully saturated rings. The highest BCUT2D eigenvalue weighted by molar-refractivity contribution is 5.90. The van der Waals surface area contributed by atoms with E-state index in [0.717, 1.165) is 29.9 Å². The maximum Gasteiger partial charge on any atom is 0.345 e. The summed E-state index contributed by atoms with van der Waals surface area (Å²) in [5.74, 6) is 1.00. The van der Waals surface area contributed by atoms with Crippen molar-refractivity contribution in [2.75, 3.05) is 32.1 Å². The van der Waals surface area contributed by atoms with Gasteiger partial charge in [0.2, 0.25) is 0 Å². The molecule has 0 spiro atoms. The minimum Gasteiger partial charge on any atom is -0.383 e. The number of nitrogens with zero attached hydrogens (tertiary/aromatic N) is 4. The van der Waals surface area contributed by atoms with Crippen molar-refractivity contribution in [2.24, 2.45) is 0 Å². The van der Waals surface area contributed by atoms with Crippen LogP contribution in [-0.4, -0.2) is 52.1 Å². The molecule has 1 aliphatic heterocycles. The summed E-state index contributed by atoms with van der Waals surface area (Å²) in [4.78, 5) is 26.9. The molecule has 152 valence electrons. The molecule has 0 bridgehead atoms. The Hall–Kier alpha value is -2.61. The first kappa shape index (κ1) is 20.1. The fourth-order valence-electron chi connectivity index (χ4n) is 3.63. The number of carbonyl (C=O) groups excluding carboxylic acids is 1. The number of aromatic nitrogens is 3. The first-order valence-corrected chi connectivity index (χ1v) is 9.83. The molecule has 28 heavy (non-hydrogen) atoms. The van der Waals surface area contributed by atoms with E-state index in [0.29, 0.717) is 32.8 Å². The molecule has 8 nitrogen and oxygen atoms in total. The standard InChI is InChI=1S/C20H29N5O3/c1-4-24-18(22-25(20(24)27)13-14-28-3)16-9-11-23(12-10-16)19(26)21-17-8-6-5-7-15(17)2/h5-8,16H,4,9-14H2,1-3H3,(H,21,26). The summed E-state index contributed by atoms with van der Waals surface area (Å²) in [7, 11) is 1.61. The monoisotopic (exact) mass is 387 g/mol. The summed E-state index contributed by atoms with van der Waals surface area (Å²) < 4.78 is 8.29. The Balaban J connectivity index is 1.64. The molecule has 0 atom stereocenters. The number of nitrogens with one attached hydrogen (secondary N) is 1. The second-order valence-corrected chi connectivity index (χ2v) is 7.11. The number of methoxy groups -OCH3 is 1. The third-order valence-corrected chi connectivity index (χ3v) is 5.31. The molecule has 1 aromatic heterocycles. The van der Waals surface area contributed by atoms with Gasteiger partial charge in [-0.2, -0.15) is 5.10 Å². The van der Waals surface area contributed by atoms with Crippen molar-refractivity contribution < 1.29 is 9.53 Å². The highest BCUT2D eigenvalue weighted by atomic mass is 16.5. The van der Waals surface area contributed by atoms with E-state index in [4.69, 9.17) is 4.74 Å². The van der Waals surface area contributed by atoms with Gasteiger partial charge in [-0.3, -0.25) is 4.57 Å². The van der Waals surface area contributed by atoms with Crippen molar-refractivity contribution in [3.63, 3.8) is 0 Å². The van der Waals surface area contributed by atoms with Crippen LogP contribution in [0, 0.1) is 6.92 Å². The fraction of sp³-hybridized carbons (Fsp3) is 0.550. The van der Waals surface area contributed by atoms with E-state index >= 15 is 0 Å². The molecule has 0 aliphatic carbocycles. The predicted molar refractivity (Wildman–Crippen MR) is 108 cm³/mol. The van der Waals surface area contributed by atoms with Crippen LogP contribution in [0.1, 0.15) is 37.1 Å². The Labute approximate surface area is 165 Å². The number of likely N-dealkylation sites (tertiary alicyclic amines) is 1. The largest absolute Gasteiger partial charge is 0.383 e. The summed E-state index contributed by atoms with van der Waals surface area (Å²) in [5, 5.41) is 7.55. The molecule has 0 unspecified atom stereocenters. The van der Waals surface area contributed by atoms with Crippen LogP contribution < -0.4 is 11.0 Å². The lowest BCUT2D eigenvalue weighted by atomic mass is 9.96. The Bertz CT molecular complexity index is 865. The Morgan fingerprint density at radius 1 is 1.29 bits per heavy atom. The zero-order chi connectivity index (χ0) is 20.1. The first-order valence-electron chi connectivity index (χ1n) is 9.83. The van der Waals surface area contributed by atoms with Crippen LogP contribution in [0.25, 0.3) is 0 Å². The van der Waals surface area contributed by atoms with Gasteiger partial charge in [-0.25, -0.2) is 14.3 Å². The van der Waals surface area contributed by atoms with E-state index in [1.807, 2.05) is 43.0 Å². The molecule has 3 rings (SSSR count). The SMILES string of the molecule is CCn1c(C2CCN(C(=O)Nc3ccccc3C)CC2)nn(CCOC)c1=O. The molecule has 2 heterocycles. The van der Waals surface area contributed by atoms with E-state index in [1.165, 1.54) is 4.68 Å². The number of urea groups is 1.